The number of aromatic nitrogens is 1. The van der Waals surface area contributed by atoms with Crippen molar-refractivity contribution in [2.75, 3.05) is 6.61 Å². The monoisotopic (exact) mass is 530 g/mol. The Morgan fingerprint density at radius 2 is 1.90 bits per heavy atom. The highest BCUT2D eigenvalue weighted by molar-refractivity contribution is 14.1. The molecule has 0 unspecified atom stereocenters. The summed E-state index contributed by atoms with van der Waals surface area (Å²) in [6, 6.07) is 16.9. The van der Waals surface area contributed by atoms with E-state index in [2.05, 4.69) is 27.6 Å². The summed E-state index contributed by atoms with van der Waals surface area (Å²) in [5.41, 5.74) is 2.59. The molecule has 2 aromatic carbocycles. The Morgan fingerprint density at radius 1 is 1.20 bits per heavy atom. The number of halogens is 1. The molecule has 0 spiro atoms. The van der Waals surface area contributed by atoms with Gasteiger partial charge in [-0.2, -0.15) is 0 Å². The van der Waals surface area contributed by atoms with Gasteiger partial charge in [0.15, 0.2) is 4.80 Å². The van der Waals surface area contributed by atoms with Crippen molar-refractivity contribution in [3.8, 4) is 0 Å². The highest BCUT2D eigenvalue weighted by atomic mass is 127. The van der Waals surface area contributed by atoms with Crippen LogP contribution < -0.4 is 14.9 Å². The largest absolute Gasteiger partial charge is 0.463 e. The zero-order chi connectivity index (χ0) is 21.3. The first-order chi connectivity index (χ1) is 14.5. The number of thiazole rings is 1. The number of hydrogen-bond acceptors (Lipinski definition) is 5. The lowest BCUT2D eigenvalue weighted by atomic mass is 9.96. The maximum Gasteiger partial charge on any atom is 0.338 e. The summed E-state index contributed by atoms with van der Waals surface area (Å²) < 4.78 is 8.61. The second kappa shape index (κ2) is 8.69. The van der Waals surface area contributed by atoms with Crippen molar-refractivity contribution in [3.05, 3.63) is 100 Å². The van der Waals surface area contributed by atoms with Crippen LogP contribution in [-0.2, 0) is 9.53 Å². The molecule has 0 radical (unpaired) electrons. The first-order valence-electron chi connectivity index (χ1n) is 9.49. The third-order valence-corrected chi connectivity index (χ3v) is 6.50. The summed E-state index contributed by atoms with van der Waals surface area (Å²) in [6.45, 7) is 3.81. The Balaban J connectivity index is 1.94. The highest BCUT2D eigenvalue weighted by Gasteiger charge is 2.33. The number of carbonyl (C=O) groups excluding carboxylic acids is 1. The van der Waals surface area contributed by atoms with E-state index in [1.54, 1.807) is 18.4 Å². The Bertz CT molecular complexity index is 1310. The van der Waals surface area contributed by atoms with Crippen molar-refractivity contribution in [1.82, 2.24) is 4.57 Å². The molecule has 0 bridgehead atoms. The molecule has 1 atom stereocenters. The first-order valence-corrected chi connectivity index (χ1v) is 11.4. The lowest BCUT2D eigenvalue weighted by Crippen LogP contribution is -2.39. The molecule has 4 rings (SSSR count). The van der Waals surface area contributed by atoms with Gasteiger partial charge in [0.1, 0.15) is 0 Å². The number of fused-ring (bicyclic) bond motifs is 1. The van der Waals surface area contributed by atoms with Gasteiger partial charge in [-0.15, -0.1) is 0 Å². The number of carbonyl (C=O) groups is 1. The number of benzene rings is 2. The Hall–Kier alpha value is -2.52. The summed E-state index contributed by atoms with van der Waals surface area (Å²) in [4.78, 5) is 31.4. The van der Waals surface area contributed by atoms with Crippen molar-refractivity contribution in [2.45, 2.75) is 19.9 Å². The minimum Gasteiger partial charge on any atom is -0.463 e. The molecule has 30 heavy (non-hydrogen) atoms. The van der Waals surface area contributed by atoms with Gasteiger partial charge in [-0.3, -0.25) is 9.36 Å². The third-order valence-electron chi connectivity index (χ3n) is 4.80. The van der Waals surface area contributed by atoms with Crippen molar-refractivity contribution in [1.29, 1.82) is 0 Å². The SMILES string of the molecule is CCOC(=O)C1=C(C)N=c2s/c(=C\c3ccc(I)cc3)c(=O)n2[C@@H]1c1ccccc1. The maximum atomic E-state index is 13.4. The van der Waals surface area contributed by atoms with Crippen molar-refractivity contribution in [2.24, 2.45) is 4.99 Å². The van der Waals surface area contributed by atoms with Crippen LogP contribution in [0.3, 0.4) is 0 Å². The lowest BCUT2D eigenvalue weighted by molar-refractivity contribution is -0.139. The molecule has 0 fully saturated rings. The van der Waals surface area contributed by atoms with E-state index in [-0.39, 0.29) is 12.2 Å². The molecule has 0 amide bonds. The Labute approximate surface area is 191 Å². The van der Waals surface area contributed by atoms with Crippen molar-refractivity contribution >= 4 is 46.0 Å². The molecule has 0 saturated carbocycles. The van der Waals surface area contributed by atoms with Gasteiger partial charge in [0.05, 0.1) is 28.5 Å². The average molecular weight is 530 g/mol. The van der Waals surface area contributed by atoms with Crippen LogP contribution in [0.5, 0.6) is 0 Å². The predicted molar refractivity (Wildman–Crippen MR) is 126 cm³/mol. The van der Waals surface area contributed by atoms with Crippen molar-refractivity contribution < 1.29 is 9.53 Å². The van der Waals surface area contributed by atoms with Crippen LogP contribution in [-0.4, -0.2) is 17.1 Å². The van der Waals surface area contributed by atoms with Crippen LogP contribution in [0.2, 0.25) is 0 Å². The predicted octanol–water partition coefficient (Wildman–Crippen LogP) is 3.40. The number of esters is 1. The fraction of sp³-hybridized carbons (Fsp3) is 0.174. The summed E-state index contributed by atoms with van der Waals surface area (Å²) in [5.74, 6) is -0.445. The molecule has 7 heteroatoms. The van der Waals surface area contributed by atoms with Gasteiger partial charge < -0.3 is 4.74 Å². The lowest BCUT2D eigenvalue weighted by Gasteiger charge is -2.24. The van der Waals surface area contributed by atoms with E-state index in [1.165, 1.54) is 11.3 Å². The van der Waals surface area contributed by atoms with Gasteiger partial charge in [0.25, 0.3) is 5.56 Å². The molecule has 1 aliphatic rings. The maximum absolute atomic E-state index is 13.4. The van der Waals surface area contributed by atoms with E-state index in [4.69, 9.17) is 4.74 Å². The second-order valence-electron chi connectivity index (χ2n) is 6.76. The molecule has 0 N–H and O–H groups in total. The second-order valence-corrected chi connectivity index (χ2v) is 9.02. The number of nitrogens with zero attached hydrogens (tertiary/aromatic N) is 2. The molecule has 1 aliphatic heterocycles. The summed E-state index contributed by atoms with van der Waals surface area (Å²) in [7, 11) is 0. The molecular formula is C23H19IN2O3S. The van der Waals surface area contributed by atoms with Crippen LogP contribution in [0.15, 0.2) is 75.7 Å². The third kappa shape index (κ3) is 3.91. The Morgan fingerprint density at radius 3 is 2.57 bits per heavy atom. The van der Waals surface area contributed by atoms with E-state index in [9.17, 15) is 9.59 Å². The molecule has 0 aliphatic carbocycles. The van der Waals surface area contributed by atoms with E-state index in [0.717, 1.165) is 14.7 Å². The molecule has 0 saturated heterocycles. The van der Waals surface area contributed by atoms with Gasteiger partial charge in [0.2, 0.25) is 0 Å². The van der Waals surface area contributed by atoms with Gasteiger partial charge in [-0.1, -0.05) is 53.8 Å². The average Bonchev–Trinajstić information content (AvgIpc) is 3.04. The van der Waals surface area contributed by atoms with Crippen LogP contribution in [0.1, 0.15) is 31.0 Å². The highest BCUT2D eigenvalue weighted by Crippen LogP contribution is 2.30. The van der Waals surface area contributed by atoms with E-state index < -0.39 is 12.0 Å². The van der Waals surface area contributed by atoms with Crippen LogP contribution in [0.4, 0.5) is 0 Å². The minimum absolute atomic E-state index is 0.166. The van der Waals surface area contributed by atoms with E-state index in [1.807, 2.05) is 60.7 Å². The first kappa shape index (κ1) is 20.7. The van der Waals surface area contributed by atoms with Crippen molar-refractivity contribution in [3.63, 3.8) is 0 Å². The van der Waals surface area contributed by atoms with Gasteiger partial charge >= 0.3 is 5.97 Å². The number of rotatable bonds is 4. The topological polar surface area (TPSA) is 60.7 Å². The smallest absolute Gasteiger partial charge is 0.338 e. The molecular weight excluding hydrogens is 511 g/mol. The number of hydrogen-bond donors (Lipinski definition) is 0. The van der Waals surface area contributed by atoms with Crippen LogP contribution in [0.25, 0.3) is 6.08 Å². The van der Waals surface area contributed by atoms with Gasteiger partial charge in [0, 0.05) is 3.57 Å². The number of ether oxygens (including phenoxy) is 1. The summed E-state index contributed by atoms with van der Waals surface area (Å²) in [5, 5.41) is 0. The molecule has 3 aromatic rings. The number of allylic oxidation sites excluding steroid dienone is 1. The molecule has 5 nitrogen and oxygen atoms in total. The van der Waals surface area contributed by atoms with E-state index >= 15 is 0 Å². The normalized spacial score (nSPS) is 16.2. The zero-order valence-corrected chi connectivity index (χ0v) is 19.4. The summed E-state index contributed by atoms with van der Waals surface area (Å²) >= 11 is 3.58. The van der Waals surface area contributed by atoms with E-state index in [0.29, 0.717) is 20.6 Å². The minimum atomic E-state index is -0.569. The van der Waals surface area contributed by atoms with Gasteiger partial charge in [-0.25, -0.2) is 9.79 Å². The Kier molecular flexibility index (Phi) is 6.01. The van der Waals surface area contributed by atoms with Crippen LogP contribution >= 0.6 is 33.9 Å². The molecule has 2 heterocycles. The quantitative estimate of drug-likeness (QED) is 0.384. The van der Waals surface area contributed by atoms with Gasteiger partial charge in [-0.05, 0) is 65.8 Å². The fourth-order valence-corrected chi connectivity index (χ4v) is 4.86. The summed E-state index contributed by atoms with van der Waals surface area (Å²) in [6.07, 6.45) is 1.87. The zero-order valence-electron chi connectivity index (χ0n) is 16.5. The molecule has 152 valence electrons. The van der Waals surface area contributed by atoms with Crippen LogP contribution in [0, 0.1) is 3.57 Å². The fourth-order valence-electron chi connectivity index (χ4n) is 3.45. The standard InChI is InChI=1S/C23H19IN2O3S/c1-3-29-22(28)19-14(2)25-23-26(20(19)16-7-5-4-6-8-16)21(27)18(30-23)13-15-9-11-17(24)12-10-15/h4-13,20H,3H2,1-2H3/b18-13-/t20-/m1/s1. The molecule has 1 aromatic heterocycles.